The summed E-state index contributed by atoms with van der Waals surface area (Å²) >= 11 is 0. The molecule has 0 spiro atoms. The second kappa shape index (κ2) is 9.26. The average molecular weight is 403 g/mol. The molecule has 4 rings (SSSR count). The van der Waals surface area contributed by atoms with Crippen molar-refractivity contribution in [3.63, 3.8) is 0 Å². The van der Waals surface area contributed by atoms with Crippen molar-refractivity contribution in [1.82, 2.24) is 15.3 Å². The van der Waals surface area contributed by atoms with Crippen LogP contribution in [0.3, 0.4) is 0 Å². The van der Waals surface area contributed by atoms with E-state index in [0.29, 0.717) is 5.92 Å². The van der Waals surface area contributed by atoms with Crippen LogP contribution in [0.1, 0.15) is 30.0 Å². The summed E-state index contributed by atoms with van der Waals surface area (Å²) in [6, 6.07) is 14.7. The lowest BCUT2D eigenvalue weighted by atomic mass is 10.0. The SMILES string of the molecule is CCc1cc(C)c(=O)[nH]c1-c1ccc(N2CCC(CNCc3cccnc3)C2)cc1. The molecule has 5 nitrogen and oxygen atoms in total. The van der Waals surface area contributed by atoms with E-state index < -0.39 is 0 Å². The minimum atomic E-state index is -0.00700. The van der Waals surface area contributed by atoms with Gasteiger partial charge < -0.3 is 15.2 Å². The first-order chi connectivity index (χ1) is 14.6. The van der Waals surface area contributed by atoms with Crippen LogP contribution in [0.15, 0.2) is 59.7 Å². The van der Waals surface area contributed by atoms with Crippen molar-refractivity contribution in [1.29, 1.82) is 0 Å². The number of aromatic nitrogens is 2. The standard InChI is InChI=1S/C25H30N4O/c1-3-21-13-18(2)25(30)28-24(21)22-6-8-23(9-7-22)29-12-10-20(17-29)16-27-15-19-5-4-11-26-14-19/h4-9,11,13-14,20,27H,3,10,12,15-17H2,1-2H3,(H,28,30). The second-order valence-corrected chi connectivity index (χ2v) is 8.18. The van der Waals surface area contributed by atoms with Crippen LogP contribution in [0, 0.1) is 12.8 Å². The maximum absolute atomic E-state index is 12.1. The van der Waals surface area contributed by atoms with Crippen molar-refractivity contribution in [2.45, 2.75) is 33.2 Å². The number of hydrogen-bond donors (Lipinski definition) is 2. The molecule has 2 aromatic heterocycles. The van der Waals surface area contributed by atoms with E-state index in [9.17, 15) is 4.79 Å². The van der Waals surface area contributed by atoms with Gasteiger partial charge in [-0.2, -0.15) is 0 Å². The first-order valence-corrected chi connectivity index (χ1v) is 10.8. The predicted octanol–water partition coefficient (Wildman–Crippen LogP) is 3.92. The Balaban J connectivity index is 1.37. The van der Waals surface area contributed by atoms with E-state index in [-0.39, 0.29) is 5.56 Å². The minimum Gasteiger partial charge on any atom is -0.371 e. The molecular formula is C25H30N4O. The quantitative estimate of drug-likeness (QED) is 0.629. The molecule has 1 atom stereocenters. The van der Waals surface area contributed by atoms with Gasteiger partial charge in [0.05, 0.1) is 5.69 Å². The smallest absolute Gasteiger partial charge is 0.251 e. The van der Waals surface area contributed by atoms with Gasteiger partial charge >= 0.3 is 0 Å². The second-order valence-electron chi connectivity index (χ2n) is 8.18. The Hall–Kier alpha value is -2.92. The van der Waals surface area contributed by atoms with Gasteiger partial charge in [-0.05, 0) is 66.6 Å². The molecule has 1 unspecified atom stereocenters. The first kappa shape index (κ1) is 20.4. The number of aryl methyl sites for hydroxylation is 2. The number of nitrogens with zero attached hydrogens (tertiary/aromatic N) is 2. The van der Waals surface area contributed by atoms with E-state index in [4.69, 9.17) is 0 Å². The molecule has 1 aliphatic heterocycles. The molecule has 3 aromatic rings. The Labute approximate surface area is 178 Å². The topological polar surface area (TPSA) is 61.0 Å². The Morgan fingerprint density at radius 2 is 2.07 bits per heavy atom. The highest BCUT2D eigenvalue weighted by Gasteiger charge is 2.22. The average Bonchev–Trinajstić information content (AvgIpc) is 3.25. The molecule has 0 amide bonds. The first-order valence-electron chi connectivity index (χ1n) is 10.8. The zero-order valence-corrected chi connectivity index (χ0v) is 17.8. The molecule has 1 saturated heterocycles. The number of anilines is 1. The predicted molar refractivity (Wildman–Crippen MR) is 123 cm³/mol. The van der Waals surface area contributed by atoms with Crippen LogP contribution in [0.25, 0.3) is 11.3 Å². The van der Waals surface area contributed by atoms with Crippen LogP contribution in [-0.4, -0.2) is 29.6 Å². The van der Waals surface area contributed by atoms with E-state index in [1.807, 2.05) is 31.5 Å². The summed E-state index contributed by atoms with van der Waals surface area (Å²) in [6.07, 6.45) is 5.82. The number of H-pyrrole nitrogens is 1. The van der Waals surface area contributed by atoms with E-state index in [2.05, 4.69) is 57.4 Å². The third kappa shape index (κ3) is 4.62. The van der Waals surface area contributed by atoms with Crippen LogP contribution in [-0.2, 0) is 13.0 Å². The van der Waals surface area contributed by atoms with Gasteiger partial charge in [0.1, 0.15) is 0 Å². The van der Waals surface area contributed by atoms with E-state index >= 15 is 0 Å². The molecule has 0 saturated carbocycles. The molecule has 2 N–H and O–H groups in total. The molecule has 156 valence electrons. The van der Waals surface area contributed by atoms with Gasteiger partial charge in [-0.25, -0.2) is 0 Å². The normalized spacial score (nSPS) is 16.2. The highest BCUT2D eigenvalue weighted by Crippen LogP contribution is 2.27. The van der Waals surface area contributed by atoms with Gasteiger partial charge in [0.25, 0.3) is 5.56 Å². The number of hydrogen-bond acceptors (Lipinski definition) is 4. The fourth-order valence-electron chi connectivity index (χ4n) is 4.22. The highest BCUT2D eigenvalue weighted by molar-refractivity contribution is 5.66. The van der Waals surface area contributed by atoms with Gasteiger partial charge in [0.2, 0.25) is 0 Å². The largest absolute Gasteiger partial charge is 0.371 e. The summed E-state index contributed by atoms with van der Waals surface area (Å²) in [5, 5.41) is 3.57. The zero-order chi connectivity index (χ0) is 20.9. The van der Waals surface area contributed by atoms with Crippen molar-refractivity contribution in [2.24, 2.45) is 5.92 Å². The van der Waals surface area contributed by atoms with Crippen molar-refractivity contribution >= 4 is 5.69 Å². The lowest BCUT2D eigenvalue weighted by Gasteiger charge is -2.19. The summed E-state index contributed by atoms with van der Waals surface area (Å²) < 4.78 is 0. The molecule has 0 aliphatic carbocycles. The summed E-state index contributed by atoms with van der Waals surface area (Å²) in [4.78, 5) is 21.8. The Kier molecular flexibility index (Phi) is 6.29. The molecule has 0 radical (unpaired) electrons. The van der Waals surface area contributed by atoms with Gasteiger partial charge in [0.15, 0.2) is 0 Å². The number of aromatic amines is 1. The maximum atomic E-state index is 12.1. The Morgan fingerprint density at radius 3 is 2.80 bits per heavy atom. The third-order valence-electron chi connectivity index (χ3n) is 5.98. The summed E-state index contributed by atoms with van der Waals surface area (Å²) in [5.74, 6) is 0.654. The van der Waals surface area contributed by atoms with Gasteiger partial charge in [-0.1, -0.05) is 25.1 Å². The van der Waals surface area contributed by atoms with Crippen molar-refractivity contribution < 1.29 is 0 Å². The fourth-order valence-corrected chi connectivity index (χ4v) is 4.22. The zero-order valence-electron chi connectivity index (χ0n) is 17.8. The van der Waals surface area contributed by atoms with Crippen LogP contribution in [0.5, 0.6) is 0 Å². The number of pyridine rings is 2. The highest BCUT2D eigenvalue weighted by atomic mass is 16.1. The van der Waals surface area contributed by atoms with Crippen LogP contribution >= 0.6 is 0 Å². The molecule has 30 heavy (non-hydrogen) atoms. The van der Waals surface area contributed by atoms with E-state index in [0.717, 1.165) is 49.4 Å². The summed E-state index contributed by atoms with van der Waals surface area (Å²) in [5.41, 5.74) is 6.44. The molecule has 1 aliphatic rings. The molecule has 3 heterocycles. The monoisotopic (exact) mass is 402 g/mol. The summed E-state index contributed by atoms with van der Waals surface area (Å²) in [7, 11) is 0. The molecule has 0 bridgehead atoms. The van der Waals surface area contributed by atoms with Gasteiger partial charge in [0, 0.05) is 49.8 Å². The van der Waals surface area contributed by atoms with Crippen molar-refractivity contribution in [2.75, 3.05) is 24.5 Å². The van der Waals surface area contributed by atoms with Crippen LogP contribution in [0.2, 0.25) is 0 Å². The van der Waals surface area contributed by atoms with Crippen LogP contribution in [0.4, 0.5) is 5.69 Å². The molecule has 1 fully saturated rings. The third-order valence-corrected chi connectivity index (χ3v) is 5.98. The molecule has 1 aromatic carbocycles. The minimum absolute atomic E-state index is 0.00700. The summed E-state index contributed by atoms with van der Waals surface area (Å²) in [6.45, 7) is 8.03. The lowest BCUT2D eigenvalue weighted by Crippen LogP contribution is -2.26. The Morgan fingerprint density at radius 1 is 1.23 bits per heavy atom. The van der Waals surface area contributed by atoms with E-state index in [1.165, 1.54) is 23.2 Å². The fraction of sp³-hybridized carbons (Fsp3) is 0.360. The lowest BCUT2D eigenvalue weighted by molar-refractivity contribution is 0.516. The van der Waals surface area contributed by atoms with Gasteiger partial charge in [-0.15, -0.1) is 0 Å². The van der Waals surface area contributed by atoms with E-state index in [1.54, 1.807) is 0 Å². The van der Waals surface area contributed by atoms with Gasteiger partial charge in [-0.3, -0.25) is 9.78 Å². The number of rotatable bonds is 7. The van der Waals surface area contributed by atoms with Crippen molar-refractivity contribution in [3.05, 3.63) is 81.9 Å². The van der Waals surface area contributed by atoms with Crippen LogP contribution < -0.4 is 15.8 Å². The number of benzene rings is 1. The molecular weight excluding hydrogens is 372 g/mol. The number of nitrogens with one attached hydrogen (secondary N) is 2. The van der Waals surface area contributed by atoms with Crippen molar-refractivity contribution in [3.8, 4) is 11.3 Å². The maximum Gasteiger partial charge on any atom is 0.251 e. The molecule has 5 heteroatoms. The Bertz CT molecular complexity index is 1030.